The Hall–Kier alpha value is -2.37. The third-order valence-corrected chi connectivity index (χ3v) is 3.73. The molecule has 1 saturated heterocycles. The standard InChI is InChI=1S/C14H15N3O3/c18-13(17-7-3-4-9(8-17)14(19)20)12-10-5-1-2-6-11(10)15-16-12/h1-2,5-6,9H,3-4,7-8H2,(H,15,16)(H,19,20)/t9-/m1/s1. The fourth-order valence-electron chi connectivity index (χ4n) is 2.64. The Morgan fingerprint density at radius 2 is 2.15 bits per heavy atom. The van der Waals surface area contributed by atoms with Crippen LogP contribution in [0.2, 0.25) is 0 Å². The smallest absolute Gasteiger partial charge is 0.308 e. The van der Waals surface area contributed by atoms with Gasteiger partial charge in [-0.3, -0.25) is 14.7 Å². The third kappa shape index (κ3) is 2.13. The van der Waals surface area contributed by atoms with E-state index in [4.69, 9.17) is 5.11 Å². The van der Waals surface area contributed by atoms with Crippen molar-refractivity contribution in [2.45, 2.75) is 12.8 Å². The number of hydrogen-bond acceptors (Lipinski definition) is 3. The predicted octanol–water partition coefficient (Wildman–Crippen LogP) is 1.50. The van der Waals surface area contributed by atoms with E-state index in [0.29, 0.717) is 25.1 Å². The van der Waals surface area contributed by atoms with E-state index in [-0.39, 0.29) is 12.5 Å². The summed E-state index contributed by atoms with van der Waals surface area (Å²) in [6, 6.07) is 7.42. The number of likely N-dealkylation sites (tertiary alicyclic amines) is 1. The minimum absolute atomic E-state index is 0.201. The second-order valence-corrected chi connectivity index (χ2v) is 5.05. The van der Waals surface area contributed by atoms with Crippen LogP contribution in [-0.2, 0) is 4.79 Å². The molecule has 20 heavy (non-hydrogen) atoms. The molecule has 0 spiro atoms. The number of rotatable bonds is 2. The molecule has 0 saturated carbocycles. The second kappa shape index (κ2) is 4.96. The summed E-state index contributed by atoms with van der Waals surface area (Å²) in [5, 5.41) is 16.8. The zero-order valence-corrected chi connectivity index (χ0v) is 10.9. The first-order valence-corrected chi connectivity index (χ1v) is 6.62. The number of piperidine rings is 1. The molecule has 6 heteroatoms. The number of aliphatic carboxylic acids is 1. The molecule has 0 unspecified atom stereocenters. The molecule has 2 N–H and O–H groups in total. The molecule has 0 aliphatic carbocycles. The number of nitrogens with zero attached hydrogens (tertiary/aromatic N) is 2. The number of para-hydroxylation sites is 1. The Bertz CT molecular complexity index is 664. The maximum absolute atomic E-state index is 12.5. The third-order valence-electron chi connectivity index (χ3n) is 3.73. The van der Waals surface area contributed by atoms with Gasteiger partial charge in [-0.1, -0.05) is 18.2 Å². The maximum atomic E-state index is 12.5. The van der Waals surface area contributed by atoms with E-state index in [9.17, 15) is 9.59 Å². The number of H-pyrrole nitrogens is 1. The van der Waals surface area contributed by atoms with E-state index in [1.165, 1.54) is 0 Å². The fourth-order valence-corrected chi connectivity index (χ4v) is 2.64. The van der Waals surface area contributed by atoms with Crippen LogP contribution in [0.15, 0.2) is 24.3 Å². The number of aromatic nitrogens is 2. The zero-order chi connectivity index (χ0) is 14.1. The molecule has 1 atom stereocenters. The number of carbonyl (C=O) groups excluding carboxylic acids is 1. The van der Waals surface area contributed by atoms with Crippen LogP contribution >= 0.6 is 0 Å². The first-order chi connectivity index (χ1) is 9.66. The van der Waals surface area contributed by atoms with E-state index in [2.05, 4.69) is 10.2 Å². The first kappa shape index (κ1) is 12.7. The molecule has 2 heterocycles. The second-order valence-electron chi connectivity index (χ2n) is 5.05. The maximum Gasteiger partial charge on any atom is 0.308 e. The number of nitrogens with one attached hydrogen (secondary N) is 1. The van der Waals surface area contributed by atoms with Gasteiger partial charge in [0.1, 0.15) is 0 Å². The molecule has 1 fully saturated rings. The molecule has 6 nitrogen and oxygen atoms in total. The number of fused-ring (bicyclic) bond motifs is 1. The summed E-state index contributed by atoms with van der Waals surface area (Å²) in [6.45, 7) is 0.846. The Morgan fingerprint density at radius 1 is 1.35 bits per heavy atom. The normalized spacial score (nSPS) is 19.2. The van der Waals surface area contributed by atoms with Gasteiger partial charge in [-0.25, -0.2) is 0 Å². The summed E-state index contributed by atoms with van der Waals surface area (Å²) in [4.78, 5) is 25.1. The fraction of sp³-hybridized carbons (Fsp3) is 0.357. The molecule has 1 amide bonds. The Balaban J connectivity index is 1.87. The molecule has 1 aliphatic rings. The highest BCUT2D eigenvalue weighted by molar-refractivity contribution is 6.04. The average Bonchev–Trinajstić information content (AvgIpc) is 2.90. The summed E-state index contributed by atoms with van der Waals surface area (Å²) in [6.07, 6.45) is 1.34. The summed E-state index contributed by atoms with van der Waals surface area (Å²) in [5.41, 5.74) is 1.18. The van der Waals surface area contributed by atoms with Crippen LogP contribution in [-0.4, -0.2) is 45.2 Å². The lowest BCUT2D eigenvalue weighted by Crippen LogP contribution is -2.42. The molecule has 104 valence electrons. The van der Waals surface area contributed by atoms with Crippen LogP contribution in [0.4, 0.5) is 0 Å². The number of carbonyl (C=O) groups is 2. The molecular formula is C14H15N3O3. The minimum atomic E-state index is -0.839. The van der Waals surface area contributed by atoms with Gasteiger partial charge in [-0.05, 0) is 18.9 Å². The van der Waals surface area contributed by atoms with Gasteiger partial charge in [0, 0.05) is 18.5 Å². The van der Waals surface area contributed by atoms with Crippen LogP contribution in [0.3, 0.4) is 0 Å². The van der Waals surface area contributed by atoms with Crippen molar-refractivity contribution in [1.82, 2.24) is 15.1 Å². The van der Waals surface area contributed by atoms with Gasteiger partial charge in [0.15, 0.2) is 5.69 Å². The highest BCUT2D eigenvalue weighted by atomic mass is 16.4. The Morgan fingerprint density at radius 3 is 2.95 bits per heavy atom. The predicted molar refractivity (Wildman–Crippen MR) is 72.4 cm³/mol. The van der Waals surface area contributed by atoms with Gasteiger partial charge in [-0.15, -0.1) is 0 Å². The number of aromatic amines is 1. The molecule has 0 radical (unpaired) electrons. The minimum Gasteiger partial charge on any atom is -0.481 e. The van der Waals surface area contributed by atoms with Gasteiger partial charge in [0.05, 0.1) is 11.4 Å². The lowest BCUT2D eigenvalue weighted by atomic mass is 9.98. The number of hydrogen-bond donors (Lipinski definition) is 2. The van der Waals surface area contributed by atoms with Crippen LogP contribution in [0, 0.1) is 5.92 Å². The average molecular weight is 273 g/mol. The van der Waals surface area contributed by atoms with Gasteiger partial charge in [0.25, 0.3) is 5.91 Å². The van der Waals surface area contributed by atoms with E-state index in [0.717, 1.165) is 10.9 Å². The number of amides is 1. The SMILES string of the molecule is O=C(O)[C@@H]1CCCN(C(=O)c2n[nH]c3ccccc23)C1. The summed E-state index contributed by atoms with van der Waals surface area (Å²) < 4.78 is 0. The van der Waals surface area contributed by atoms with Crippen molar-refractivity contribution in [2.24, 2.45) is 5.92 Å². The molecule has 0 bridgehead atoms. The molecule has 2 aromatic rings. The van der Waals surface area contributed by atoms with Gasteiger partial charge < -0.3 is 10.0 Å². The molecule has 1 aromatic heterocycles. The summed E-state index contributed by atoms with van der Waals surface area (Å²) in [7, 11) is 0. The van der Waals surface area contributed by atoms with E-state index in [1.54, 1.807) is 4.90 Å². The van der Waals surface area contributed by atoms with Crippen LogP contribution in [0.5, 0.6) is 0 Å². The molecule has 1 aliphatic heterocycles. The molecule has 1 aromatic carbocycles. The van der Waals surface area contributed by atoms with E-state index >= 15 is 0 Å². The van der Waals surface area contributed by atoms with Crippen molar-refractivity contribution in [3.8, 4) is 0 Å². The zero-order valence-electron chi connectivity index (χ0n) is 10.9. The number of carboxylic acids is 1. The summed E-state index contributed by atoms with van der Waals surface area (Å²) >= 11 is 0. The van der Waals surface area contributed by atoms with Crippen molar-refractivity contribution in [3.63, 3.8) is 0 Å². The van der Waals surface area contributed by atoms with E-state index < -0.39 is 11.9 Å². The van der Waals surface area contributed by atoms with Crippen LogP contribution in [0.1, 0.15) is 23.3 Å². The van der Waals surface area contributed by atoms with Crippen molar-refractivity contribution < 1.29 is 14.7 Å². The highest BCUT2D eigenvalue weighted by Crippen LogP contribution is 2.21. The van der Waals surface area contributed by atoms with Crippen LogP contribution in [0.25, 0.3) is 10.9 Å². The number of carboxylic acid groups (broad SMARTS) is 1. The van der Waals surface area contributed by atoms with Gasteiger partial charge in [-0.2, -0.15) is 5.10 Å². The van der Waals surface area contributed by atoms with Crippen LogP contribution < -0.4 is 0 Å². The largest absolute Gasteiger partial charge is 0.481 e. The molecular weight excluding hydrogens is 258 g/mol. The lowest BCUT2D eigenvalue weighted by Gasteiger charge is -2.30. The topological polar surface area (TPSA) is 86.3 Å². The van der Waals surface area contributed by atoms with Gasteiger partial charge >= 0.3 is 5.97 Å². The Kier molecular flexibility index (Phi) is 3.14. The van der Waals surface area contributed by atoms with Gasteiger partial charge in [0.2, 0.25) is 0 Å². The first-order valence-electron chi connectivity index (χ1n) is 6.62. The molecule has 3 rings (SSSR count). The quantitative estimate of drug-likeness (QED) is 0.868. The van der Waals surface area contributed by atoms with Crippen molar-refractivity contribution in [2.75, 3.05) is 13.1 Å². The van der Waals surface area contributed by atoms with Crippen molar-refractivity contribution in [1.29, 1.82) is 0 Å². The monoisotopic (exact) mass is 273 g/mol. The lowest BCUT2D eigenvalue weighted by molar-refractivity contribution is -0.143. The highest BCUT2D eigenvalue weighted by Gasteiger charge is 2.30. The Labute approximate surface area is 115 Å². The van der Waals surface area contributed by atoms with Crippen molar-refractivity contribution in [3.05, 3.63) is 30.0 Å². The van der Waals surface area contributed by atoms with E-state index in [1.807, 2.05) is 24.3 Å². The van der Waals surface area contributed by atoms with Crippen molar-refractivity contribution >= 4 is 22.8 Å². The summed E-state index contributed by atoms with van der Waals surface area (Å²) in [5.74, 6) is -1.51. The number of benzene rings is 1.